The van der Waals surface area contributed by atoms with E-state index in [0.717, 1.165) is 16.7 Å². The maximum absolute atomic E-state index is 13.5. The van der Waals surface area contributed by atoms with Crippen molar-refractivity contribution in [2.45, 2.75) is 39.3 Å². The molecular formula is C27H29FN2O2. The van der Waals surface area contributed by atoms with Gasteiger partial charge >= 0.3 is 0 Å². The van der Waals surface area contributed by atoms with Gasteiger partial charge in [-0.2, -0.15) is 0 Å². The number of aryl methyl sites for hydroxylation is 1. The molecule has 0 saturated carbocycles. The summed E-state index contributed by atoms with van der Waals surface area (Å²) in [5.74, 6) is -0.702. The lowest BCUT2D eigenvalue weighted by molar-refractivity contribution is -0.140. The first-order chi connectivity index (χ1) is 15.5. The highest BCUT2D eigenvalue weighted by Crippen LogP contribution is 2.18. The number of hydrogen-bond acceptors (Lipinski definition) is 2. The Labute approximate surface area is 189 Å². The van der Waals surface area contributed by atoms with Gasteiger partial charge in [-0.15, -0.1) is 0 Å². The first-order valence-corrected chi connectivity index (χ1v) is 10.9. The van der Waals surface area contributed by atoms with Gasteiger partial charge in [0.2, 0.25) is 11.8 Å². The van der Waals surface area contributed by atoms with Crippen LogP contribution in [-0.4, -0.2) is 29.3 Å². The predicted octanol–water partition coefficient (Wildman–Crippen LogP) is 4.45. The Balaban J connectivity index is 1.95. The molecule has 0 radical (unpaired) electrons. The van der Waals surface area contributed by atoms with Gasteiger partial charge in [-0.25, -0.2) is 4.39 Å². The zero-order valence-corrected chi connectivity index (χ0v) is 18.6. The second-order valence-corrected chi connectivity index (χ2v) is 7.85. The van der Waals surface area contributed by atoms with E-state index in [1.165, 1.54) is 12.1 Å². The van der Waals surface area contributed by atoms with Crippen LogP contribution in [0.4, 0.5) is 4.39 Å². The minimum atomic E-state index is -0.662. The lowest BCUT2D eigenvalue weighted by atomic mass is 10.0. The number of carbonyl (C=O) groups is 2. The van der Waals surface area contributed by atoms with Crippen molar-refractivity contribution in [3.05, 3.63) is 107 Å². The molecule has 3 rings (SSSR count). The molecular weight excluding hydrogens is 403 g/mol. The van der Waals surface area contributed by atoms with E-state index in [1.54, 1.807) is 17.0 Å². The molecule has 5 heteroatoms. The molecule has 0 aliphatic carbocycles. The number of hydrogen-bond donors (Lipinski definition) is 1. The third-order valence-electron chi connectivity index (χ3n) is 5.49. The number of benzene rings is 3. The van der Waals surface area contributed by atoms with Gasteiger partial charge in [0.15, 0.2) is 0 Å². The Morgan fingerprint density at radius 3 is 2.22 bits per heavy atom. The van der Waals surface area contributed by atoms with Crippen LogP contribution in [0.1, 0.15) is 29.2 Å². The fourth-order valence-electron chi connectivity index (χ4n) is 3.70. The van der Waals surface area contributed by atoms with Crippen LogP contribution in [0, 0.1) is 12.7 Å². The molecule has 2 amide bonds. The molecule has 0 aliphatic heterocycles. The molecule has 0 aliphatic rings. The van der Waals surface area contributed by atoms with Crippen LogP contribution in [0.5, 0.6) is 0 Å². The highest BCUT2D eigenvalue weighted by Gasteiger charge is 2.30. The Morgan fingerprint density at radius 2 is 1.56 bits per heavy atom. The van der Waals surface area contributed by atoms with Crippen molar-refractivity contribution in [1.82, 2.24) is 10.2 Å². The van der Waals surface area contributed by atoms with Gasteiger partial charge in [0.1, 0.15) is 11.9 Å². The topological polar surface area (TPSA) is 49.4 Å². The standard InChI is InChI=1S/C27H29FN2O2/c1-3-29-27(32)25(17-21-10-5-4-6-11-21)30(19-23-12-8-7-9-20(23)2)26(31)18-22-13-15-24(28)16-14-22/h4-16,25H,3,17-19H2,1-2H3,(H,29,32)/t25-/m1/s1. The Hall–Kier alpha value is -3.47. The minimum Gasteiger partial charge on any atom is -0.355 e. The van der Waals surface area contributed by atoms with Crippen molar-refractivity contribution in [3.8, 4) is 0 Å². The SMILES string of the molecule is CCNC(=O)[C@@H](Cc1ccccc1)N(Cc1ccccc1C)C(=O)Cc1ccc(F)cc1. The molecule has 32 heavy (non-hydrogen) atoms. The summed E-state index contributed by atoms with van der Waals surface area (Å²) in [6, 6.07) is 22.8. The van der Waals surface area contributed by atoms with Crippen molar-refractivity contribution in [3.63, 3.8) is 0 Å². The summed E-state index contributed by atoms with van der Waals surface area (Å²) in [5.41, 5.74) is 3.73. The molecule has 0 spiro atoms. The first kappa shape index (κ1) is 23.2. The quantitative estimate of drug-likeness (QED) is 0.543. The second kappa shape index (κ2) is 11.2. The van der Waals surface area contributed by atoms with Crippen LogP contribution in [0.3, 0.4) is 0 Å². The van der Waals surface area contributed by atoms with Gasteiger partial charge in [0, 0.05) is 19.5 Å². The lowest BCUT2D eigenvalue weighted by Gasteiger charge is -2.32. The smallest absolute Gasteiger partial charge is 0.243 e. The molecule has 4 nitrogen and oxygen atoms in total. The molecule has 0 fully saturated rings. The summed E-state index contributed by atoms with van der Waals surface area (Å²) in [6.07, 6.45) is 0.505. The van der Waals surface area contributed by atoms with E-state index in [-0.39, 0.29) is 24.1 Å². The Bertz CT molecular complexity index is 1040. The van der Waals surface area contributed by atoms with Crippen molar-refractivity contribution < 1.29 is 14.0 Å². The molecule has 166 valence electrons. The summed E-state index contributed by atoms with van der Waals surface area (Å²) >= 11 is 0. The zero-order chi connectivity index (χ0) is 22.9. The van der Waals surface area contributed by atoms with Gasteiger partial charge in [-0.3, -0.25) is 9.59 Å². The Kier molecular flexibility index (Phi) is 8.14. The fourth-order valence-corrected chi connectivity index (χ4v) is 3.70. The van der Waals surface area contributed by atoms with Crippen LogP contribution in [0.25, 0.3) is 0 Å². The van der Waals surface area contributed by atoms with Crippen LogP contribution < -0.4 is 5.32 Å². The number of carbonyl (C=O) groups excluding carboxylic acids is 2. The van der Waals surface area contributed by atoms with Gasteiger partial charge in [0.25, 0.3) is 0 Å². The van der Waals surface area contributed by atoms with E-state index in [9.17, 15) is 14.0 Å². The average Bonchev–Trinajstić information content (AvgIpc) is 2.79. The monoisotopic (exact) mass is 432 g/mol. The van der Waals surface area contributed by atoms with Crippen LogP contribution in [0.2, 0.25) is 0 Å². The fraction of sp³-hybridized carbons (Fsp3) is 0.259. The van der Waals surface area contributed by atoms with E-state index >= 15 is 0 Å². The predicted molar refractivity (Wildman–Crippen MR) is 124 cm³/mol. The van der Waals surface area contributed by atoms with Crippen molar-refractivity contribution in [1.29, 1.82) is 0 Å². The molecule has 0 heterocycles. The summed E-state index contributed by atoms with van der Waals surface area (Å²) in [7, 11) is 0. The zero-order valence-electron chi connectivity index (χ0n) is 18.6. The maximum atomic E-state index is 13.5. The normalized spacial score (nSPS) is 11.6. The number of nitrogens with zero attached hydrogens (tertiary/aromatic N) is 1. The second-order valence-electron chi connectivity index (χ2n) is 7.85. The molecule has 0 aromatic heterocycles. The molecule has 3 aromatic rings. The van der Waals surface area contributed by atoms with Gasteiger partial charge in [-0.1, -0.05) is 66.7 Å². The molecule has 0 unspecified atom stereocenters. The van der Waals surface area contributed by atoms with Gasteiger partial charge < -0.3 is 10.2 Å². The number of rotatable bonds is 9. The third-order valence-corrected chi connectivity index (χ3v) is 5.49. The molecule has 1 atom stereocenters. The minimum absolute atomic E-state index is 0.0941. The number of nitrogens with one attached hydrogen (secondary N) is 1. The highest BCUT2D eigenvalue weighted by atomic mass is 19.1. The highest BCUT2D eigenvalue weighted by molar-refractivity contribution is 5.88. The molecule has 3 aromatic carbocycles. The van der Waals surface area contributed by atoms with E-state index < -0.39 is 6.04 Å². The van der Waals surface area contributed by atoms with Crippen molar-refractivity contribution in [2.75, 3.05) is 6.54 Å². The van der Waals surface area contributed by atoms with Crippen LogP contribution >= 0.6 is 0 Å². The summed E-state index contributed by atoms with van der Waals surface area (Å²) < 4.78 is 13.3. The van der Waals surface area contributed by atoms with Crippen molar-refractivity contribution >= 4 is 11.8 Å². The summed E-state index contributed by atoms with van der Waals surface area (Å²) in [4.78, 5) is 28.3. The van der Waals surface area contributed by atoms with Gasteiger partial charge in [0.05, 0.1) is 6.42 Å². The van der Waals surface area contributed by atoms with Crippen molar-refractivity contribution in [2.24, 2.45) is 0 Å². The molecule has 0 bridgehead atoms. The van der Waals surface area contributed by atoms with Gasteiger partial charge in [-0.05, 0) is 48.2 Å². The number of amides is 2. The molecule has 1 N–H and O–H groups in total. The summed E-state index contributed by atoms with van der Waals surface area (Å²) in [6.45, 7) is 4.66. The Morgan fingerprint density at radius 1 is 0.906 bits per heavy atom. The average molecular weight is 433 g/mol. The maximum Gasteiger partial charge on any atom is 0.243 e. The first-order valence-electron chi connectivity index (χ1n) is 10.9. The summed E-state index contributed by atoms with van der Waals surface area (Å²) in [5, 5.41) is 2.89. The van der Waals surface area contributed by atoms with Crippen LogP contribution in [-0.2, 0) is 29.0 Å². The van der Waals surface area contributed by atoms with E-state index in [4.69, 9.17) is 0 Å². The third kappa shape index (κ3) is 6.27. The lowest BCUT2D eigenvalue weighted by Crippen LogP contribution is -2.51. The largest absolute Gasteiger partial charge is 0.355 e. The number of halogens is 1. The van der Waals surface area contributed by atoms with Crippen LogP contribution in [0.15, 0.2) is 78.9 Å². The molecule has 0 saturated heterocycles. The van der Waals surface area contributed by atoms with E-state index in [0.29, 0.717) is 25.1 Å². The van der Waals surface area contributed by atoms with E-state index in [2.05, 4.69) is 5.32 Å². The van der Waals surface area contributed by atoms with E-state index in [1.807, 2.05) is 68.4 Å². The number of likely N-dealkylation sites (N-methyl/N-ethyl adjacent to an activating group) is 1.